The summed E-state index contributed by atoms with van der Waals surface area (Å²) in [5, 5.41) is 2.63. The number of hydrogen-bond acceptors (Lipinski definition) is 5. The lowest BCUT2D eigenvalue weighted by atomic mass is 10.2. The van der Waals surface area contributed by atoms with Crippen LogP contribution >= 0.6 is 0 Å². The molecule has 7 nitrogen and oxygen atoms in total. The summed E-state index contributed by atoms with van der Waals surface area (Å²) in [6.07, 6.45) is 3.18. The van der Waals surface area contributed by atoms with Crippen molar-refractivity contribution in [1.29, 1.82) is 0 Å². The SMILES string of the molecule is CCOC(=O)CCN(CCNC(C)=O)C(=O)c1ccncc1. The molecule has 1 aromatic heterocycles. The predicted molar refractivity (Wildman–Crippen MR) is 80.1 cm³/mol. The van der Waals surface area contributed by atoms with E-state index in [9.17, 15) is 14.4 Å². The number of ether oxygens (including phenoxy) is 1. The van der Waals surface area contributed by atoms with Gasteiger partial charge in [-0.05, 0) is 19.1 Å². The minimum Gasteiger partial charge on any atom is -0.466 e. The van der Waals surface area contributed by atoms with Crippen molar-refractivity contribution in [3.8, 4) is 0 Å². The maximum absolute atomic E-state index is 12.4. The Hall–Kier alpha value is -2.44. The summed E-state index contributed by atoms with van der Waals surface area (Å²) in [5.74, 6) is -0.728. The molecule has 1 N–H and O–H groups in total. The van der Waals surface area contributed by atoms with Crippen LogP contribution in [-0.4, -0.2) is 53.9 Å². The number of hydrogen-bond donors (Lipinski definition) is 1. The lowest BCUT2D eigenvalue weighted by Crippen LogP contribution is -2.39. The van der Waals surface area contributed by atoms with Gasteiger partial charge in [0.1, 0.15) is 0 Å². The molecule has 0 bridgehead atoms. The normalized spacial score (nSPS) is 9.91. The molecule has 1 rings (SSSR count). The fourth-order valence-electron chi connectivity index (χ4n) is 1.82. The summed E-state index contributed by atoms with van der Waals surface area (Å²) >= 11 is 0. The van der Waals surface area contributed by atoms with Crippen molar-refractivity contribution in [3.05, 3.63) is 30.1 Å². The van der Waals surface area contributed by atoms with Gasteiger partial charge in [0.2, 0.25) is 5.91 Å². The van der Waals surface area contributed by atoms with Gasteiger partial charge < -0.3 is 15.0 Å². The third-order valence-electron chi connectivity index (χ3n) is 2.86. The first-order valence-electron chi connectivity index (χ1n) is 7.14. The van der Waals surface area contributed by atoms with Gasteiger partial charge in [-0.1, -0.05) is 0 Å². The van der Waals surface area contributed by atoms with Crippen LogP contribution in [0.25, 0.3) is 0 Å². The first-order chi connectivity index (χ1) is 10.5. The second-order valence-corrected chi connectivity index (χ2v) is 4.57. The Kier molecular flexibility index (Phi) is 7.60. The molecule has 0 fully saturated rings. The fraction of sp³-hybridized carbons (Fsp3) is 0.467. The second kappa shape index (κ2) is 9.49. The van der Waals surface area contributed by atoms with Crippen LogP contribution in [0, 0.1) is 0 Å². The zero-order chi connectivity index (χ0) is 16.4. The van der Waals surface area contributed by atoms with Crippen LogP contribution in [-0.2, 0) is 14.3 Å². The van der Waals surface area contributed by atoms with Gasteiger partial charge in [-0.2, -0.15) is 0 Å². The molecule has 0 spiro atoms. The number of aromatic nitrogens is 1. The van der Waals surface area contributed by atoms with Crippen molar-refractivity contribution >= 4 is 17.8 Å². The Morgan fingerprint density at radius 1 is 1.23 bits per heavy atom. The fourth-order valence-corrected chi connectivity index (χ4v) is 1.82. The summed E-state index contributed by atoms with van der Waals surface area (Å²) in [7, 11) is 0. The largest absolute Gasteiger partial charge is 0.466 e. The highest BCUT2D eigenvalue weighted by Crippen LogP contribution is 2.04. The van der Waals surface area contributed by atoms with E-state index in [1.165, 1.54) is 24.2 Å². The van der Waals surface area contributed by atoms with Crippen molar-refractivity contribution in [1.82, 2.24) is 15.2 Å². The zero-order valence-electron chi connectivity index (χ0n) is 12.9. The number of carbonyl (C=O) groups excluding carboxylic acids is 3. The lowest BCUT2D eigenvalue weighted by Gasteiger charge is -2.22. The maximum atomic E-state index is 12.4. The van der Waals surface area contributed by atoms with E-state index in [0.717, 1.165) is 0 Å². The monoisotopic (exact) mass is 307 g/mol. The van der Waals surface area contributed by atoms with Crippen molar-refractivity contribution < 1.29 is 19.1 Å². The zero-order valence-corrected chi connectivity index (χ0v) is 12.9. The number of pyridine rings is 1. The molecule has 0 aliphatic heterocycles. The molecule has 0 unspecified atom stereocenters. The van der Waals surface area contributed by atoms with Gasteiger partial charge >= 0.3 is 5.97 Å². The summed E-state index contributed by atoms with van der Waals surface area (Å²) in [4.78, 5) is 40.2. The smallest absolute Gasteiger partial charge is 0.307 e. The van der Waals surface area contributed by atoms with Crippen LogP contribution in [0.15, 0.2) is 24.5 Å². The van der Waals surface area contributed by atoms with E-state index in [4.69, 9.17) is 4.74 Å². The minimum atomic E-state index is -0.352. The highest BCUT2D eigenvalue weighted by atomic mass is 16.5. The number of amides is 2. The van der Waals surface area contributed by atoms with E-state index in [2.05, 4.69) is 10.3 Å². The average Bonchev–Trinajstić information content (AvgIpc) is 2.51. The topological polar surface area (TPSA) is 88.6 Å². The van der Waals surface area contributed by atoms with Gasteiger partial charge in [-0.3, -0.25) is 19.4 Å². The first-order valence-corrected chi connectivity index (χ1v) is 7.14. The molecule has 0 aromatic carbocycles. The molecule has 0 aliphatic carbocycles. The van der Waals surface area contributed by atoms with Crippen LogP contribution in [0.4, 0.5) is 0 Å². The number of nitrogens with one attached hydrogen (secondary N) is 1. The van der Waals surface area contributed by atoms with Crippen LogP contribution in [0.1, 0.15) is 30.6 Å². The Bertz CT molecular complexity index is 505. The Labute approximate surface area is 129 Å². The molecule has 1 heterocycles. The Morgan fingerprint density at radius 2 is 1.91 bits per heavy atom. The Balaban J connectivity index is 2.66. The van der Waals surface area contributed by atoms with E-state index in [0.29, 0.717) is 25.3 Å². The number of esters is 1. The maximum Gasteiger partial charge on any atom is 0.307 e. The summed E-state index contributed by atoms with van der Waals surface area (Å²) < 4.78 is 4.86. The number of carbonyl (C=O) groups is 3. The summed E-state index contributed by atoms with van der Waals surface area (Å²) in [5.41, 5.74) is 0.488. The van der Waals surface area contributed by atoms with Gasteiger partial charge in [0.15, 0.2) is 0 Å². The van der Waals surface area contributed by atoms with E-state index in [-0.39, 0.29) is 30.7 Å². The molecule has 0 saturated carbocycles. The van der Waals surface area contributed by atoms with Gasteiger partial charge in [0, 0.05) is 44.5 Å². The predicted octanol–water partition coefficient (Wildman–Crippen LogP) is 0.613. The average molecular weight is 307 g/mol. The molecule has 22 heavy (non-hydrogen) atoms. The molecule has 120 valence electrons. The van der Waals surface area contributed by atoms with Crippen molar-refractivity contribution in [2.24, 2.45) is 0 Å². The minimum absolute atomic E-state index is 0.116. The van der Waals surface area contributed by atoms with Crippen LogP contribution in [0.2, 0.25) is 0 Å². The molecule has 0 radical (unpaired) electrons. The first kappa shape index (κ1) is 17.6. The summed E-state index contributed by atoms with van der Waals surface area (Å²) in [6.45, 7) is 4.33. The highest BCUT2D eigenvalue weighted by molar-refractivity contribution is 5.94. The number of rotatable bonds is 8. The van der Waals surface area contributed by atoms with Crippen LogP contribution in [0.3, 0.4) is 0 Å². The molecule has 0 atom stereocenters. The van der Waals surface area contributed by atoms with E-state index in [1.54, 1.807) is 19.1 Å². The highest BCUT2D eigenvalue weighted by Gasteiger charge is 2.17. The van der Waals surface area contributed by atoms with Gasteiger partial charge in [-0.15, -0.1) is 0 Å². The van der Waals surface area contributed by atoms with Crippen molar-refractivity contribution in [2.45, 2.75) is 20.3 Å². The van der Waals surface area contributed by atoms with Gasteiger partial charge in [-0.25, -0.2) is 0 Å². The van der Waals surface area contributed by atoms with Gasteiger partial charge in [0.05, 0.1) is 13.0 Å². The summed E-state index contributed by atoms with van der Waals surface area (Å²) in [6, 6.07) is 3.22. The van der Waals surface area contributed by atoms with Crippen LogP contribution in [0.5, 0.6) is 0 Å². The third-order valence-corrected chi connectivity index (χ3v) is 2.86. The molecule has 1 aromatic rings. The van der Waals surface area contributed by atoms with Crippen molar-refractivity contribution in [3.63, 3.8) is 0 Å². The van der Waals surface area contributed by atoms with E-state index < -0.39 is 0 Å². The molecular weight excluding hydrogens is 286 g/mol. The quantitative estimate of drug-likeness (QED) is 0.711. The molecule has 0 aliphatic rings. The van der Waals surface area contributed by atoms with Crippen molar-refractivity contribution in [2.75, 3.05) is 26.2 Å². The van der Waals surface area contributed by atoms with E-state index >= 15 is 0 Å². The molecule has 7 heteroatoms. The Morgan fingerprint density at radius 3 is 2.50 bits per heavy atom. The lowest BCUT2D eigenvalue weighted by molar-refractivity contribution is -0.143. The standard InChI is InChI=1S/C15H21N3O4/c1-3-22-14(20)6-10-18(11-9-17-12(2)19)15(21)13-4-7-16-8-5-13/h4-5,7-8H,3,6,9-11H2,1-2H3,(H,17,19). The molecule has 2 amide bonds. The molecule has 0 saturated heterocycles. The second-order valence-electron chi connectivity index (χ2n) is 4.57. The molecular formula is C15H21N3O4. The van der Waals surface area contributed by atoms with E-state index in [1.807, 2.05) is 0 Å². The third kappa shape index (κ3) is 6.34. The van der Waals surface area contributed by atoms with Gasteiger partial charge in [0.25, 0.3) is 5.91 Å². The van der Waals surface area contributed by atoms with Crippen LogP contribution < -0.4 is 5.32 Å². The number of nitrogens with zero attached hydrogens (tertiary/aromatic N) is 2.